The van der Waals surface area contributed by atoms with Gasteiger partial charge in [0.05, 0.1) is 12.9 Å². The molecule has 0 aliphatic rings. The number of nitrogens with zero attached hydrogens (tertiary/aromatic N) is 2. The second kappa shape index (κ2) is 10.2. The van der Waals surface area contributed by atoms with E-state index in [1.54, 1.807) is 7.11 Å². The number of methoxy groups -OCH3 is 1. The Kier molecular flexibility index (Phi) is 7.97. The zero-order chi connectivity index (χ0) is 18.9. The lowest BCUT2D eigenvalue weighted by molar-refractivity contribution is -0.119. The summed E-state index contributed by atoms with van der Waals surface area (Å²) < 4.78 is 5.15. The van der Waals surface area contributed by atoms with Gasteiger partial charge in [-0.15, -0.1) is 5.10 Å². The van der Waals surface area contributed by atoms with E-state index in [0.717, 1.165) is 24.2 Å². The van der Waals surface area contributed by atoms with E-state index in [4.69, 9.17) is 4.74 Å². The van der Waals surface area contributed by atoms with Crippen molar-refractivity contribution in [1.29, 1.82) is 0 Å². The summed E-state index contributed by atoms with van der Waals surface area (Å²) in [4.78, 5) is 16.5. The predicted octanol–water partition coefficient (Wildman–Crippen LogP) is 3.90. The third-order valence-electron chi connectivity index (χ3n) is 3.99. The van der Waals surface area contributed by atoms with Crippen LogP contribution in [0, 0.1) is 5.92 Å². The number of thioether (sulfide) groups is 1. The maximum absolute atomic E-state index is 12.1. The van der Waals surface area contributed by atoms with Gasteiger partial charge in [-0.05, 0) is 43.5 Å². The highest BCUT2D eigenvalue weighted by molar-refractivity contribution is 7.99. The number of aromatic amines is 1. The molecule has 0 aliphatic heterocycles. The highest BCUT2D eigenvalue weighted by Crippen LogP contribution is 2.21. The second-order valence-corrected chi connectivity index (χ2v) is 7.72. The molecule has 2 N–H and O–H groups in total. The minimum absolute atomic E-state index is 0.0165. The molecule has 0 spiro atoms. The normalized spacial score (nSPS) is 12.2. The average Bonchev–Trinajstić information content (AvgIpc) is 3.08. The Morgan fingerprint density at radius 2 is 1.96 bits per heavy atom. The van der Waals surface area contributed by atoms with Crippen LogP contribution in [0.3, 0.4) is 0 Å². The molecule has 0 bridgehead atoms. The van der Waals surface area contributed by atoms with Crippen LogP contribution in [0.2, 0.25) is 0 Å². The number of rotatable bonds is 10. The van der Waals surface area contributed by atoms with Crippen LogP contribution in [0.15, 0.2) is 29.4 Å². The summed E-state index contributed by atoms with van der Waals surface area (Å²) in [6.07, 6.45) is 3.34. The monoisotopic (exact) mass is 376 g/mol. The zero-order valence-electron chi connectivity index (χ0n) is 15.9. The molecule has 1 atom stereocenters. The Morgan fingerprint density at radius 1 is 1.23 bits per heavy atom. The number of amides is 1. The van der Waals surface area contributed by atoms with Gasteiger partial charge >= 0.3 is 0 Å². The Hall–Kier alpha value is -2.02. The highest BCUT2D eigenvalue weighted by atomic mass is 32.2. The summed E-state index contributed by atoms with van der Waals surface area (Å²) in [6, 6.07) is 7.78. The first kappa shape index (κ1) is 20.3. The number of ether oxygens (including phenoxy) is 1. The fourth-order valence-electron chi connectivity index (χ4n) is 2.54. The molecule has 0 saturated heterocycles. The van der Waals surface area contributed by atoms with Gasteiger partial charge in [0.25, 0.3) is 0 Å². The van der Waals surface area contributed by atoms with E-state index in [9.17, 15) is 4.79 Å². The predicted molar refractivity (Wildman–Crippen MR) is 105 cm³/mol. The van der Waals surface area contributed by atoms with Gasteiger partial charge in [0.1, 0.15) is 5.75 Å². The average molecular weight is 377 g/mol. The lowest BCUT2D eigenvalue weighted by Gasteiger charge is -2.14. The smallest absolute Gasteiger partial charge is 0.230 e. The molecule has 26 heavy (non-hydrogen) atoms. The summed E-state index contributed by atoms with van der Waals surface area (Å²) >= 11 is 1.33. The van der Waals surface area contributed by atoms with Crippen molar-refractivity contribution in [3.63, 3.8) is 0 Å². The summed E-state index contributed by atoms with van der Waals surface area (Å²) in [5.74, 6) is 2.51. The standard InChI is InChI=1S/C19H28N4O2S/c1-13(2)6-5-7-14(3)20-17(24)12-26-19-21-18(22-23-19)15-8-10-16(25-4)11-9-15/h8-11,13-14H,5-7,12H2,1-4H3,(H,20,24)(H,21,22,23)/t14-/m0/s1. The van der Waals surface area contributed by atoms with E-state index in [1.807, 2.05) is 24.3 Å². The molecule has 2 aromatic rings. The summed E-state index contributed by atoms with van der Waals surface area (Å²) in [5, 5.41) is 10.7. The van der Waals surface area contributed by atoms with E-state index in [2.05, 4.69) is 41.3 Å². The number of carbonyl (C=O) groups is 1. The largest absolute Gasteiger partial charge is 0.497 e. The number of benzene rings is 1. The number of aromatic nitrogens is 3. The molecule has 0 aliphatic carbocycles. The Bertz CT molecular complexity index is 685. The van der Waals surface area contributed by atoms with E-state index in [1.165, 1.54) is 18.2 Å². The maximum Gasteiger partial charge on any atom is 0.230 e. The molecule has 0 radical (unpaired) electrons. The van der Waals surface area contributed by atoms with Gasteiger partial charge in [0, 0.05) is 11.6 Å². The number of carbonyl (C=O) groups excluding carboxylic acids is 1. The molecule has 1 aromatic heterocycles. The van der Waals surface area contributed by atoms with Crippen LogP contribution in [0.5, 0.6) is 5.75 Å². The fraction of sp³-hybridized carbons (Fsp3) is 0.526. The van der Waals surface area contributed by atoms with Crippen LogP contribution in [0.25, 0.3) is 11.4 Å². The Morgan fingerprint density at radius 3 is 2.62 bits per heavy atom. The number of hydrogen-bond acceptors (Lipinski definition) is 5. The second-order valence-electron chi connectivity index (χ2n) is 6.78. The molecular weight excluding hydrogens is 348 g/mol. The van der Waals surface area contributed by atoms with E-state index in [0.29, 0.717) is 22.7 Å². The van der Waals surface area contributed by atoms with Gasteiger partial charge in [-0.25, -0.2) is 4.98 Å². The molecule has 142 valence electrons. The summed E-state index contributed by atoms with van der Waals surface area (Å²) in [6.45, 7) is 6.49. The van der Waals surface area contributed by atoms with Crippen molar-refractivity contribution < 1.29 is 9.53 Å². The minimum Gasteiger partial charge on any atom is -0.497 e. The number of hydrogen-bond donors (Lipinski definition) is 2. The van der Waals surface area contributed by atoms with Gasteiger partial charge in [-0.3, -0.25) is 9.89 Å². The molecule has 2 rings (SSSR count). The van der Waals surface area contributed by atoms with Crippen LogP contribution < -0.4 is 10.1 Å². The number of H-pyrrole nitrogens is 1. The van der Waals surface area contributed by atoms with Gasteiger partial charge in [-0.1, -0.05) is 38.5 Å². The minimum atomic E-state index is 0.0165. The van der Waals surface area contributed by atoms with Gasteiger partial charge in [0.15, 0.2) is 5.82 Å². The molecule has 0 unspecified atom stereocenters. The van der Waals surface area contributed by atoms with E-state index >= 15 is 0 Å². The third-order valence-corrected chi connectivity index (χ3v) is 4.83. The highest BCUT2D eigenvalue weighted by Gasteiger charge is 2.11. The first-order valence-corrected chi connectivity index (χ1v) is 9.95. The molecule has 0 fully saturated rings. The SMILES string of the molecule is COc1ccc(-c2nc(SCC(=O)N[C@@H](C)CCCC(C)C)n[nH]2)cc1. The molecule has 7 heteroatoms. The molecular formula is C19H28N4O2S. The van der Waals surface area contributed by atoms with E-state index < -0.39 is 0 Å². The Balaban J connectivity index is 1.77. The van der Waals surface area contributed by atoms with Crippen molar-refractivity contribution in [3.05, 3.63) is 24.3 Å². The van der Waals surface area contributed by atoms with Gasteiger partial charge in [0.2, 0.25) is 11.1 Å². The first-order chi connectivity index (χ1) is 12.5. The molecule has 6 nitrogen and oxygen atoms in total. The van der Waals surface area contributed by atoms with Gasteiger partial charge in [-0.2, -0.15) is 0 Å². The fourth-order valence-corrected chi connectivity index (χ4v) is 3.15. The quantitative estimate of drug-likeness (QED) is 0.615. The van der Waals surface area contributed by atoms with E-state index in [-0.39, 0.29) is 11.9 Å². The topological polar surface area (TPSA) is 79.9 Å². The lowest BCUT2D eigenvalue weighted by atomic mass is 10.0. The lowest BCUT2D eigenvalue weighted by Crippen LogP contribution is -2.33. The van der Waals surface area contributed by atoms with Crippen LogP contribution >= 0.6 is 11.8 Å². The maximum atomic E-state index is 12.1. The van der Waals surface area contributed by atoms with Crippen LogP contribution in [0.1, 0.15) is 40.0 Å². The Labute approximate surface area is 159 Å². The van der Waals surface area contributed by atoms with Crippen LogP contribution in [-0.4, -0.2) is 40.0 Å². The molecule has 0 saturated carbocycles. The van der Waals surface area contributed by atoms with Crippen LogP contribution in [-0.2, 0) is 4.79 Å². The van der Waals surface area contributed by atoms with Gasteiger partial charge < -0.3 is 10.1 Å². The third kappa shape index (κ3) is 6.71. The van der Waals surface area contributed by atoms with Crippen molar-refractivity contribution in [2.75, 3.05) is 12.9 Å². The molecule has 1 aromatic carbocycles. The number of nitrogens with one attached hydrogen (secondary N) is 2. The van der Waals surface area contributed by atoms with Crippen molar-refractivity contribution in [3.8, 4) is 17.1 Å². The summed E-state index contributed by atoms with van der Waals surface area (Å²) in [7, 11) is 1.63. The van der Waals surface area contributed by atoms with Crippen molar-refractivity contribution >= 4 is 17.7 Å². The summed E-state index contributed by atoms with van der Waals surface area (Å²) in [5.41, 5.74) is 0.924. The van der Waals surface area contributed by atoms with Crippen LogP contribution in [0.4, 0.5) is 0 Å². The first-order valence-electron chi connectivity index (χ1n) is 8.97. The molecule has 1 amide bonds. The molecule has 1 heterocycles. The van der Waals surface area contributed by atoms with Crippen molar-refractivity contribution in [2.45, 2.75) is 51.2 Å². The van der Waals surface area contributed by atoms with Crippen molar-refractivity contribution in [2.24, 2.45) is 5.92 Å². The van der Waals surface area contributed by atoms with Crippen molar-refractivity contribution in [1.82, 2.24) is 20.5 Å². The zero-order valence-corrected chi connectivity index (χ0v) is 16.7.